The average molecular weight is 369 g/mol. The van der Waals surface area contributed by atoms with Crippen LogP contribution in [0.25, 0.3) is 0 Å². The topological polar surface area (TPSA) is 60.1 Å². The molecular formula is C12H29Cl2MnN5. The van der Waals surface area contributed by atoms with Gasteiger partial charge in [0.25, 0.3) is 0 Å². The second kappa shape index (κ2) is 16.3. The fraction of sp³-hybridized carbons (Fsp3) is 1.00. The van der Waals surface area contributed by atoms with E-state index < -0.39 is 0 Å². The van der Waals surface area contributed by atoms with Gasteiger partial charge in [0.1, 0.15) is 0 Å². The molecule has 1 rings (SSSR count). The molecule has 1 aliphatic rings. The SMILES string of the molecule is C[C@H]1CNCCNCCNCCN[C@@H](C)CN1.[Cl][Mn][Cl]. The van der Waals surface area contributed by atoms with Crippen LogP contribution in [0.1, 0.15) is 13.8 Å². The molecule has 20 heavy (non-hydrogen) atoms. The quantitative estimate of drug-likeness (QED) is 0.392. The Kier molecular flexibility index (Phi) is 17.0. The van der Waals surface area contributed by atoms with E-state index in [2.05, 4.69) is 40.4 Å². The molecule has 5 N–H and O–H groups in total. The summed E-state index contributed by atoms with van der Waals surface area (Å²) in [4.78, 5) is 0. The Bertz CT molecular complexity index is 185. The molecule has 0 bridgehead atoms. The van der Waals surface area contributed by atoms with Crippen LogP contribution in [0.3, 0.4) is 0 Å². The van der Waals surface area contributed by atoms with Gasteiger partial charge in [0, 0.05) is 64.4 Å². The number of nitrogens with one attached hydrogen (secondary N) is 5. The van der Waals surface area contributed by atoms with E-state index in [9.17, 15) is 0 Å². The molecule has 0 radical (unpaired) electrons. The van der Waals surface area contributed by atoms with Gasteiger partial charge in [0.2, 0.25) is 0 Å². The van der Waals surface area contributed by atoms with Crippen LogP contribution in [0.4, 0.5) is 0 Å². The summed E-state index contributed by atoms with van der Waals surface area (Å²) in [5.74, 6) is 0. The standard InChI is InChI=1S/C12H29N5.2ClH.Mn/c1-11-9-15-6-5-13-3-4-14-7-8-16-12(2)10-17-11;;;/h11-17H,3-10H2,1-2H3;2*1H;/q;;;+2/p-2/t11-,12-;;;/m0.../s1. The summed E-state index contributed by atoms with van der Waals surface area (Å²) >= 11 is 0.00694. The van der Waals surface area contributed by atoms with E-state index in [4.69, 9.17) is 20.2 Å². The van der Waals surface area contributed by atoms with E-state index >= 15 is 0 Å². The van der Waals surface area contributed by atoms with Gasteiger partial charge in [-0.25, -0.2) is 0 Å². The van der Waals surface area contributed by atoms with Crippen molar-refractivity contribution < 1.29 is 13.1 Å². The van der Waals surface area contributed by atoms with E-state index in [1.54, 1.807) is 0 Å². The molecule has 0 aromatic carbocycles. The Balaban J connectivity index is 0.00000110. The fourth-order valence-corrected chi connectivity index (χ4v) is 1.85. The van der Waals surface area contributed by atoms with Crippen LogP contribution in [-0.4, -0.2) is 64.4 Å². The minimum atomic E-state index is 0.00694. The second-order valence-corrected chi connectivity index (χ2v) is 6.87. The molecule has 1 aliphatic heterocycles. The molecule has 1 heterocycles. The molecule has 0 amide bonds. The summed E-state index contributed by atoms with van der Waals surface area (Å²) in [5, 5.41) is 17.3. The third kappa shape index (κ3) is 15.3. The van der Waals surface area contributed by atoms with Gasteiger partial charge in [0.05, 0.1) is 0 Å². The molecule has 0 unspecified atom stereocenters. The Hall–Kier alpha value is 0.899. The Morgan fingerprint density at radius 1 is 0.700 bits per heavy atom. The first-order valence-electron chi connectivity index (χ1n) is 7.16. The average Bonchev–Trinajstić information content (AvgIpc) is 2.43. The van der Waals surface area contributed by atoms with Gasteiger partial charge in [-0.2, -0.15) is 0 Å². The van der Waals surface area contributed by atoms with Crippen LogP contribution in [0, 0.1) is 0 Å². The normalized spacial score (nSPS) is 27.6. The van der Waals surface area contributed by atoms with Crippen molar-refractivity contribution in [2.75, 3.05) is 52.4 Å². The van der Waals surface area contributed by atoms with Crippen LogP contribution < -0.4 is 26.6 Å². The van der Waals surface area contributed by atoms with Crippen molar-refractivity contribution in [3.8, 4) is 0 Å². The van der Waals surface area contributed by atoms with E-state index in [-0.39, 0.29) is 13.1 Å². The van der Waals surface area contributed by atoms with Gasteiger partial charge >= 0.3 is 33.3 Å². The van der Waals surface area contributed by atoms with Gasteiger partial charge in [-0.05, 0) is 13.8 Å². The summed E-state index contributed by atoms with van der Waals surface area (Å²) in [6, 6.07) is 1.06. The zero-order valence-corrected chi connectivity index (χ0v) is 15.1. The molecule has 0 saturated carbocycles. The number of rotatable bonds is 0. The zero-order valence-electron chi connectivity index (χ0n) is 12.4. The number of hydrogen-bond acceptors (Lipinski definition) is 5. The molecule has 1 saturated heterocycles. The minimum absolute atomic E-state index is 0.00694. The molecule has 0 spiro atoms. The molecule has 0 aliphatic carbocycles. The zero-order chi connectivity index (χ0) is 15.1. The van der Waals surface area contributed by atoms with Crippen molar-refractivity contribution in [3.05, 3.63) is 0 Å². The summed E-state index contributed by atoms with van der Waals surface area (Å²) in [6.07, 6.45) is 0. The van der Waals surface area contributed by atoms with Crippen molar-refractivity contribution >= 4 is 20.2 Å². The predicted octanol–water partition coefficient (Wildman–Crippen LogP) is 0.102. The van der Waals surface area contributed by atoms with Crippen LogP contribution in [-0.2, 0) is 13.1 Å². The fourth-order valence-electron chi connectivity index (χ4n) is 1.85. The molecular weight excluding hydrogens is 340 g/mol. The monoisotopic (exact) mass is 368 g/mol. The van der Waals surface area contributed by atoms with E-state index in [0.717, 1.165) is 52.4 Å². The van der Waals surface area contributed by atoms with Crippen molar-refractivity contribution in [1.29, 1.82) is 0 Å². The molecule has 0 aromatic rings. The predicted molar refractivity (Wildman–Crippen MR) is 85.2 cm³/mol. The molecule has 2 atom stereocenters. The van der Waals surface area contributed by atoms with E-state index in [1.165, 1.54) is 0 Å². The Labute approximate surface area is 138 Å². The summed E-state index contributed by atoms with van der Waals surface area (Å²) < 4.78 is 0. The maximum absolute atomic E-state index is 4.80. The van der Waals surface area contributed by atoms with Gasteiger partial charge in [0.15, 0.2) is 0 Å². The van der Waals surface area contributed by atoms with Crippen LogP contribution in [0.15, 0.2) is 0 Å². The van der Waals surface area contributed by atoms with E-state index in [0.29, 0.717) is 12.1 Å². The van der Waals surface area contributed by atoms with Gasteiger partial charge in [-0.1, -0.05) is 0 Å². The van der Waals surface area contributed by atoms with Gasteiger partial charge in [-0.3, -0.25) is 0 Å². The Morgan fingerprint density at radius 3 is 1.75 bits per heavy atom. The van der Waals surface area contributed by atoms with E-state index in [1.807, 2.05) is 0 Å². The van der Waals surface area contributed by atoms with Gasteiger partial charge in [-0.15, -0.1) is 0 Å². The molecule has 123 valence electrons. The Morgan fingerprint density at radius 2 is 1.15 bits per heavy atom. The third-order valence-electron chi connectivity index (χ3n) is 2.97. The van der Waals surface area contributed by atoms with Gasteiger partial charge < -0.3 is 26.6 Å². The second-order valence-electron chi connectivity index (χ2n) is 4.92. The van der Waals surface area contributed by atoms with Crippen molar-refractivity contribution in [2.24, 2.45) is 0 Å². The molecule has 8 heteroatoms. The first-order valence-corrected chi connectivity index (χ1v) is 10.4. The number of hydrogen-bond donors (Lipinski definition) is 5. The third-order valence-corrected chi connectivity index (χ3v) is 2.97. The summed E-state index contributed by atoms with van der Waals surface area (Å²) in [6.45, 7) is 12.8. The van der Waals surface area contributed by atoms with Crippen molar-refractivity contribution in [2.45, 2.75) is 25.9 Å². The maximum atomic E-state index is 4.80. The van der Waals surface area contributed by atoms with Crippen LogP contribution in [0.2, 0.25) is 0 Å². The van der Waals surface area contributed by atoms with Crippen molar-refractivity contribution in [3.63, 3.8) is 0 Å². The first kappa shape index (κ1) is 20.9. The van der Waals surface area contributed by atoms with Crippen LogP contribution >= 0.6 is 20.2 Å². The molecule has 5 nitrogen and oxygen atoms in total. The first-order chi connectivity index (χ1) is 9.70. The van der Waals surface area contributed by atoms with Crippen LogP contribution in [0.5, 0.6) is 0 Å². The summed E-state index contributed by atoms with van der Waals surface area (Å²) in [7, 11) is 9.59. The molecule has 0 aromatic heterocycles. The van der Waals surface area contributed by atoms with Crippen molar-refractivity contribution in [1.82, 2.24) is 26.6 Å². The molecule has 1 fully saturated rings. The number of halogens is 2. The summed E-state index contributed by atoms with van der Waals surface area (Å²) in [5.41, 5.74) is 0.